The molecule has 5 heteroatoms. The number of nitrogens with one attached hydrogen (secondary N) is 1. The molecule has 1 atom stereocenters. The second kappa shape index (κ2) is 6.08. The Balaban J connectivity index is 2.66. The number of ether oxygens (including phenoxy) is 1. The van der Waals surface area contributed by atoms with Gasteiger partial charge < -0.3 is 14.5 Å². The van der Waals surface area contributed by atoms with Crippen LogP contribution in [-0.4, -0.2) is 25.0 Å². The summed E-state index contributed by atoms with van der Waals surface area (Å²) in [6, 6.07) is 2.52. The van der Waals surface area contributed by atoms with E-state index in [1.165, 1.54) is 13.4 Å². The lowest BCUT2D eigenvalue weighted by molar-refractivity contribution is -0.143. The van der Waals surface area contributed by atoms with E-state index in [4.69, 9.17) is 4.42 Å². The molecule has 0 spiro atoms. The fraction of sp³-hybridized carbons (Fsp3) is 0.500. The van der Waals surface area contributed by atoms with E-state index in [9.17, 15) is 9.59 Å². The van der Waals surface area contributed by atoms with Gasteiger partial charge in [0, 0.05) is 0 Å². The highest BCUT2D eigenvalue weighted by molar-refractivity contribution is 5.94. The number of methoxy groups -OCH3 is 1. The lowest BCUT2D eigenvalue weighted by Crippen LogP contribution is -2.42. The number of carbonyl (C=O) groups is 2. The maximum atomic E-state index is 11.7. The molecule has 0 radical (unpaired) electrons. The van der Waals surface area contributed by atoms with E-state index < -0.39 is 17.9 Å². The quantitative estimate of drug-likeness (QED) is 0.792. The van der Waals surface area contributed by atoms with Crippen molar-refractivity contribution in [2.75, 3.05) is 7.11 Å². The van der Waals surface area contributed by atoms with E-state index in [-0.39, 0.29) is 11.7 Å². The molecule has 0 aliphatic rings. The number of rotatable bonds is 5. The van der Waals surface area contributed by atoms with Gasteiger partial charge in [-0.1, -0.05) is 13.8 Å². The molecule has 1 aromatic rings. The molecule has 0 bridgehead atoms. The van der Waals surface area contributed by atoms with Crippen LogP contribution in [0, 0.1) is 5.92 Å². The van der Waals surface area contributed by atoms with Gasteiger partial charge >= 0.3 is 5.97 Å². The molecular formula is C12H17NO4. The molecule has 1 amide bonds. The minimum atomic E-state index is -0.641. The standard InChI is InChI=1S/C12H17NO4/c1-8(2)7-9(12(15)16-3)13-11(14)10-5-4-6-17-10/h4-6,8-9H,7H2,1-3H3,(H,13,14). The molecule has 1 rings (SSSR count). The maximum Gasteiger partial charge on any atom is 0.328 e. The topological polar surface area (TPSA) is 68.5 Å². The monoisotopic (exact) mass is 239 g/mol. The van der Waals surface area contributed by atoms with Crippen LogP contribution in [0.1, 0.15) is 30.8 Å². The van der Waals surface area contributed by atoms with Gasteiger partial charge in [0.2, 0.25) is 0 Å². The van der Waals surface area contributed by atoms with Crippen molar-refractivity contribution in [2.45, 2.75) is 26.3 Å². The Morgan fingerprint density at radius 3 is 2.65 bits per heavy atom. The van der Waals surface area contributed by atoms with Crippen molar-refractivity contribution in [3.05, 3.63) is 24.2 Å². The van der Waals surface area contributed by atoms with Crippen LogP contribution in [-0.2, 0) is 9.53 Å². The van der Waals surface area contributed by atoms with Crippen LogP contribution in [0.3, 0.4) is 0 Å². The normalized spacial score (nSPS) is 12.2. The molecule has 17 heavy (non-hydrogen) atoms. The molecule has 1 heterocycles. The van der Waals surface area contributed by atoms with E-state index in [0.717, 1.165) is 0 Å². The van der Waals surface area contributed by atoms with Gasteiger partial charge in [-0.25, -0.2) is 4.79 Å². The van der Waals surface area contributed by atoms with Crippen LogP contribution in [0.15, 0.2) is 22.8 Å². The van der Waals surface area contributed by atoms with E-state index in [0.29, 0.717) is 6.42 Å². The summed E-state index contributed by atoms with van der Waals surface area (Å²) in [4.78, 5) is 23.2. The minimum Gasteiger partial charge on any atom is -0.467 e. The Morgan fingerprint density at radius 1 is 1.47 bits per heavy atom. The molecular weight excluding hydrogens is 222 g/mol. The summed E-state index contributed by atoms with van der Waals surface area (Å²) in [5.41, 5.74) is 0. The average Bonchev–Trinajstić information content (AvgIpc) is 2.79. The van der Waals surface area contributed by atoms with Crippen molar-refractivity contribution < 1.29 is 18.7 Å². The fourth-order valence-corrected chi connectivity index (χ4v) is 1.46. The van der Waals surface area contributed by atoms with Gasteiger partial charge in [0.15, 0.2) is 5.76 Å². The molecule has 1 N–H and O–H groups in total. The molecule has 0 saturated carbocycles. The minimum absolute atomic E-state index is 0.183. The number of carbonyl (C=O) groups excluding carboxylic acids is 2. The Morgan fingerprint density at radius 2 is 2.18 bits per heavy atom. The van der Waals surface area contributed by atoms with Gasteiger partial charge in [-0.3, -0.25) is 4.79 Å². The zero-order valence-corrected chi connectivity index (χ0v) is 10.2. The molecule has 1 aromatic heterocycles. The molecule has 5 nitrogen and oxygen atoms in total. The highest BCUT2D eigenvalue weighted by Gasteiger charge is 2.23. The fourth-order valence-electron chi connectivity index (χ4n) is 1.46. The summed E-state index contributed by atoms with van der Waals surface area (Å²) in [7, 11) is 1.30. The predicted octanol–water partition coefficient (Wildman–Crippen LogP) is 1.60. The first-order valence-corrected chi connectivity index (χ1v) is 5.46. The van der Waals surface area contributed by atoms with Gasteiger partial charge in [0.1, 0.15) is 6.04 Å². The second-order valence-corrected chi connectivity index (χ2v) is 4.16. The summed E-state index contributed by atoms with van der Waals surface area (Å²) < 4.78 is 9.60. The lowest BCUT2D eigenvalue weighted by atomic mass is 10.0. The zero-order chi connectivity index (χ0) is 12.8. The van der Waals surface area contributed by atoms with Gasteiger partial charge in [0.05, 0.1) is 13.4 Å². The van der Waals surface area contributed by atoms with Gasteiger partial charge in [0.25, 0.3) is 5.91 Å². The van der Waals surface area contributed by atoms with Gasteiger partial charge in [-0.15, -0.1) is 0 Å². The summed E-state index contributed by atoms with van der Waals surface area (Å²) in [6.07, 6.45) is 1.93. The van der Waals surface area contributed by atoms with E-state index in [1.807, 2.05) is 13.8 Å². The highest BCUT2D eigenvalue weighted by atomic mass is 16.5. The Kier molecular flexibility index (Phi) is 4.75. The van der Waals surface area contributed by atoms with E-state index in [1.54, 1.807) is 12.1 Å². The van der Waals surface area contributed by atoms with Crippen LogP contribution in [0.25, 0.3) is 0 Å². The van der Waals surface area contributed by atoms with Gasteiger partial charge in [-0.05, 0) is 24.5 Å². The largest absolute Gasteiger partial charge is 0.467 e. The zero-order valence-electron chi connectivity index (χ0n) is 10.2. The number of hydrogen-bond acceptors (Lipinski definition) is 4. The number of esters is 1. The van der Waals surface area contributed by atoms with Crippen molar-refractivity contribution in [3.8, 4) is 0 Å². The van der Waals surface area contributed by atoms with Crippen molar-refractivity contribution >= 4 is 11.9 Å². The lowest BCUT2D eigenvalue weighted by Gasteiger charge is -2.17. The van der Waals surface area contributed by atoms with E-state index in [2.05, 4.69) is 10.1 Å². The predicted molar refractivity (Wildman–Crippen MR) is 61.4 cm³/mol. The van der Waals surface area contributed by atoms with Gasteiger partial charge in [-0.2, -0.15) is 0 Å². The summed E-state index contributed by atoms with van der Waals surface area (Å²) in [6.45, 7) is 3.93. The number of amides is 1. The molecule has 0 aliphatic heterocycles. The highest BCUT2D eigenvalue weighted by Crippen LogP contribution is 2.08. The number of furan rings is 1. The molecule has 1 unspecified atom stereocenters. The smallest absolute Gasteiger partial charge is 0.328 e. The van der Waals surface area contributed by atoms with Crippen molar-refractivity contribution in [2.24, 2.45) is 5.92 Å². The van der Waals surface area contributed by atoms with E-state index >= 15 is 0 Å². The van der Waals surface area contributed by atoms with Crippen LogP contribution >= 0.6 is 0 Å². The number of hydrogen-bond donors (Lipinski definition) is 1. The average molecular weight is 239 g/mol. The second-order valence-electron chi connectivity index (χ2n) is 4.16. The summed E-state index contributed by atoms with van der Waals surface area (Å²) in [5.74, 6) is -0.400. The third-order valence-corrected chi connectivity index (χ3v) is 2.24. The molecule has 0 aromatic carbocycles. The van der Waals surface area contributed by atoms with Crippen LogP contribution in [0.2, 0.25) is 0 Å². The Hall–Kier alpha value is -1.78. The first-order chi connectivity index (χ1) is 8.04. The third kappa shape index (κ3) is 3.94. The third-order valence-electron chi connectivity index (χ3n) is 2.24. The molecule has 0 saturated heterocycles. The SMILES string of the molecule is COC(=O)C(CC(C)C)NC(=O)c1ccco1. The first kappa shape index (κ1) is 13.3. The van der Waals surface area contributed by atoms with Crippen molar-refractivity contribution in [1.29, 1.82) is 0 Å². The Bertz CT molecular complexity index is 370. The Labute approximate surface area is 100 Å². The summed E-state index contributed by atoms with van der Waals surface area (Å²) in [5, 5.41) is 2.59. The van der Waals surface area contributed by atoms with Crippen molar-refractivity contribution in [1.82, 2.24) is 5.32 Å². The van der Waals surface area contributed by atoms with Crippen molar-refractivity contribution in [3.63, 3.8) is 0 Å². The molecule has 0 fully saturated rings. The summed E-state index contributed by atoms with van der Waals surface area (Å²) >= 11 is 0. The molecule has 94 valence electrons. The maximum absolute atomic E-state index is 11.7. The first-order valence-electron chi connectivity index (χ1n) is 5.46. The molecule has 0 aliphatic carbocycles. The van der Waals surface area contributed by atoms with Crippen LogP contribution in [0.4, 0.5) is 0 Å². The van der Waals surface area contributed by atoms with Crippen LogP contribution < -0.4 is 5.32 Å². The van der Waals surface area contributed by atoms with Crippen LogP contribution in [0.5, 0.6) is 0 Å².